The van der Waals surface area contributed by atoms with Crippen LogP contribution in [-0.4, -0.2) is 36.3 Å². The van der Waals surface area contributed by atoms with E-state index in [1.54, 1.807) is 11.9 Å². The molecule has 0 bridgehead atoms. The Morgan fingerprint density at radius 1 is 1.30 bits per heavy atom. The zero-order valence-corrected chi connectivity index (χ0v) is 12.4. The number of hydrogen-bond donors (Lipinski definition) is 1. The first-order valence-electron chi connectivity index (χ1n) is 7.12. The average molecular weight is 274 g/mol. The molecule has 4 heteroatoms. The molecular formula is C16H22N2O2. The van der Waals surface area contributed by atoms with Crippen molar-refractivity contribution in [3.05, 3.63) is 34.9 Å². The van der Waals surface area contributed by atoms with Crippen LogP contribution >= 0.6 is 0 Å². The van der Waals surface area contributed by atoms with Gasteiger partial charge in [-0.15, -0.1) is 0 Å². The van der Waals surface area contributed by atoms with Crippen molar-refractivity contribution in [2.75, 3.05) is 13.6 Å². The molecule has 2 amide bonds. The van der Waals surface area contributed by atoms with Crippen LogP contribution < -0.4 is 5.32 Å². The molecular weight excluding hydrogens is 252 g/mol. The van der Waals surface area contributed by atoms with Gasteiger partial charge in [-0.3, -0.25) is 9.59 Å². The summed E-state index contributed by atoms with van der Waals surface area (Å²) in [4.78, 5) is 26.2. The van der Waals surface area contributed by atoms with Crippen LogP contribution in [0.2, 0.25) is 0 Å². The normalized spacial score (nSPS) is 19.6. The molecule has 1 heterocycles. The first-order valence-corrected chi connectivity index (χ1v) is 7.12. The first kappa shape index (κ1) is 14.6. The monoisotopic (exact) mass is 274 g/mol. The molecule has 4 nitrogen and oxygen atoms in total. The molecule has 0 saturated carbocycles. The van der Waals surface area contributed by atoms with Gasteiger partial charge in [0, 0.05) is 19.2 Å². The van der Waals surface area contributed by atoms with Crippen LogP contribution in [-0.2, 0) is 4.79 Å². The van der Waals surface area contributed by atoms with Gasteiger partial charge in [0.1, 0.15) is 6.04 Å². The van der Waals surface area contributed by atoms with Gasteiger partial charge in [0.05, 0.1) is 0 Å². The number of hydrogen-bond acceptors (Lipinski definition) is 2. The molecule has 2 rings (SSSR count). The van der Waals surface area contributed by atoms with Gasteiger partial charge >= 0.3 is 0 Å². The van der Waals surface area contributed by atoms with Crippen molar-refractivity contribution in [3.63, 3.8) is 0 Å². The predicted octanol–water partition coefficient (Wildman–Crippen LogP) is 2.04. The lowest BCUT2D eigenvalue weighted by molar-refractivity contribution is -0.131. The zero-order valence-electron chi connectivity index (χ0n) is 12.4. The lowest BCUT2D eigenvalue weighted by atomic mass is 10.0. The Hall–Kier alpha value is -1.84. The average Bonchev–Trinajstić information content (AvgIpc) is 2.54. The van der Waals surface area contributed by atoms with Gasteiger partial charge in [-0.25, -0.2) is 0 Å². The van der Waals surface area contributed by atoms with Crippen molar-refractivity contribution in [2.24, 2.45) is 0 Å². The number of nitrogens with one attached hydrogen (secondary N) is 1. The molecule has 1 N–H and O–H groups in total. The molecule has 1 unspecified atom stereocenters. The maximum atomic E-state index is 12.3. The van der Waals surface area contributed by atoms with E-state index in [1.807, 2.05) is 32.0 Å². The molecule has 1 aromatic carbocycles. The van der Waals surface area contributed by atoms with Gasteiger partial charge in [-0.05, 0) is 44.7 Å². The summed E-state index contributed by atoms with van der Waals surface area (Å²) in [7, 11) is 1.80. The van der Waals surface area contributed by atoms with Crippen LogP contribution in [0, 0.1) is 13.8 Å². The number of likely N-dealkylation sites (N-methyl/N-ethyl adjacent to an activating group) is 1. The topological polar surface area (TPSA) is 49.4 Å². The number of rotatable bonds is 2. The zero-order chi connectivity index (χ0) is 14.7. The number of aryl methyl sites for hydroxylation is 2. The second kappa shape index (κ2) is 6.07. The number of carbonyl (C=O) groups is 2. The number of amides is 2. The van der Waals surface area contributed by atoms with Crippen molar-refractivity contribution in [3.8, 4) is 0 Å². The van der Waals surface area contributed by atoms with Crippen LogP contribution in [0.3, 0.4) is 0 Å². The van der Waals surface area contributed by atoms with Crippen molar-refractivity contribution in [1.82, 2.24) is 10.2 Å². The van der Waals surface area contributed by atoms with E-state index in [1.165, 1.54) is 0 Å². The third kappa shape index (κ3) is 3.18. The van der Waals surface area contributed by atoms with Crippen LogP contribution in [0.25, 0.3) is 0 Å². The molecule has 1 aliphatic heterocycles. The lowest BCUT2D eigenvalue weighted by Gasteiger charge is -2.21. The highest BCUT2D eigenvalue weighted by Gasteiger charge is 2.26. The molecule has 1 aliphatic rings. The fraction of sp³-hybridized carbons (Fsp3) is 0.500. The summed E-state index contributed by atoms with van der Waals surface area (Å²) in [6.45, 7) is 4.69. The lowest BCUT2D eigenvalue weighted by Crippen LogP contribution is -2.46. The summed E-state index contributed by atoms with van der Waals surface area (Å²) >= 11 is 0. The predicted molar refractivity (Wildman–Crippen MR) is 78.7 cm³/mol. The van der Waals surface area contributed by atoms with E-state index in [9.17, 15) is 9.59 Å². The molecule has 108 valence electrons. The van der Waals surface area contributed by atoms with E-state index in [-0.39, 0.29) is 11.8 Å². The van der Waals surface area contributed by atoms with Crippen LogP contribution in [0.5, 0.6) is 0 Å². The smallest absolute Gasteiger partial charge is 0.252 e. The molecule has 1 saturated heterocycles. The Bertz CT molecular complexity index is 525. The Morgan fingerprint density at radius 3 is 2.75 bits per heavy atom. The minimum atomic E-state index is -0.393. The van der Waals surface area contributed by atoms with E-state index in [4.69, 9.17) is 0 Å². The second-order valence-corrected chi connectivity index (χ2v) is 5.60. The van der Waals surface area contributed by atoms with Gasteiger partial charge < -0.3 is 10.2 Å². The third-order valence-electron chi connectivity index (χ3n) is 3.84. The summed E-state index contributed by atoms with van der Waals surface area (Å²) in [5, 5.41) is 2.89. The van der Waals surface area contributed by atoms with Crippen molar-refractivity contribution in [1.29, 1.82) is 0 Å². The Balaban J connectivity index is 2.12. The highest BCUT2D eigenvalue weighted by Crippen LogP contribution is 2.14. The Kier molecular flexibility index (Phi) is 4.42. The van der Waals surface area contributed by atoms with Crippen LogP contribution in [0.15, 0.2) is 18.2 Å². The molecule has 0 aromatic heterocycles. The molecule has 0 spiro atoms. The van der Waals surface area contributed by atoms with Crippen molar-refractivity contribution < 1.29 is 9.59 Å². The van der Waals surface area contributed by atoms with Gasteiger partial charge in [-0.2, -0.15) is 0 Å². The molecule has 0 aliphatic carbocycles. The fourth-order valence-electron chi connectivity index (χ4n) is 2.64. The van der Waals surface area contributed by atoms with E-state index < -0.39 is 6.04 Å². The quantitative estimate of drug-likeness (QED) is 0.897. The molecule has 0 radical (unpaired) electrons. The number of carbonyl (C=O) groups excluding carboxylic acids is 2. The summed E-state index contributed by atoms with van der Waals surface area (Å²) < 4.78 is 0. The first-order chi connectivity index (χ1) is 9.49. The van der Waals surface area contributed by atoms with E-state index in [0.717, 1.165) is 36.9 Å². The van der Waals surface area contributed by atoms with E-state index in [2.05, 4.69) is 5.32 Å². The summed E-state index contributed by atoms with van der Waals surface area (Å²) in [5.41, 5.74) is 2.72. The minimum Gasteiger partial charge on any atom is -0.344 e. The maximum absolute atomic E-state index is 12.3. The standard InChI is InChI=1S/C16H22N2O2/c1-11-7-8-13(12(2)10-11)15(19)17-14-6-4-5-9-18(3)16(14)20/h7-8,10,14H,4-6,9H2,1-3H3,(H,17,19). The van der Waals surface area contributed by atoms with E-state index in [0.29, 0.717) is 5.56 Å². The minimum absolute atomic E-state index is 0.0145. The molecule has 1 atom stereocenters. The van der Waals surface area contributed by atoms with Crippen molar-refractivity contribution >= 4 is 11.8 Å². The highest BCUT2D eigenvalue weighted by molar-refractivity contribution is 5.98. The summed E-state index contributed by atoms with van der Waals surface area (Å²) in [5.74, 6) is -0.142. The molecule has 1 fully saturated rings. The third-order valence-corrected chi connectivity index (χ3v) is 3.84. The Labute approximate surface area is 120 Å². The number of benzene rings is 1. The molecule has 20 heavy (non-hydrogen) atoms. The number of nitrogens with zero attached hydrogens (tertiary/aromatic N) is 1. The number of likely N-dealkylation sites (tertiary alicyclic amines) is 1. The highest BCUT2D eigenvalue weighted by atomic mass is 16.2. The summed E-state index contributed by atoms with van der Waals surface area (Å²) in [6, 6.07) is 5.33. The van der Waals surface area contributed by atoms with Gasteiger partial charge in [0.15, 0.2) is 0 Å². The SMILES string of the molecule is Cc1ccc(C(=O)NC2CCCCN(C)C2=O)c(C)c1. The summed E-state index contributed by atoms with van der Waals surface area (Å²) in [6.07, 6.45) is 2.69. The molecule has 1 aromatic rings. The van der Waals surface area contributed by atoms with Crippen LogP contribution in [0.4, 0.5) is 0 Å². The van der Waals surface area contributed by atoms with Crippen molar-refractivity contribution in [2.45, 2.75) is 39.2 Å². The largest absolute Gasteiger partial charge is 0.344 e. The van der Waals surface area contributed by atoms with E-state index >= 15 is 0 Å². The van der Waals surface area contributed by atoms with Gasteiger partial charge in [-0.1, -0.05) is 17.7 Å². The van der Waals surface area contributed by atoms with Crippen LogP contribution in [0.1, 0.15) is 40.7 Å². The van der Waals surface area contributed by atoms with Gasteiger partial charge in [0.25, 0.3) is 5.91 Å². The Morgan fingerprint density at radius 2 is 2.05 bits per heavy atom. The fourth-order valence-corrected chi connectivity index (χ4v) is 2.64. The second-order valence-electron chi connectivity index (χ2n) is 5.60. The van der Waals surface area contributed by atoms with Gasteiger partial charge in [0.2, 0.25) is 5.91 Å². The maximum Gasteiger partial charge on any atom is 0.252 e.